The summed E-state index contributed by atoms with van der Waals surface area (Å²) in [6, 6.07) is 6.00. The number of nitrogens with zero attached hydrogens (tertiary/aromatic N) is 1. The third kappa shape index (κ3) is 3.87. The van der Waals surface area contributed by atoms with Gasteiger partial charge in [0.2, 0.25) is 0 Å². The molecule has 0 fully saturated rings. The van der Waals surface area contributed by atoms with E-state index in [2.05, 4.69) is 10.3 Å². The molecule has 10 heteroatoms. The average molecular weight is 425 g/mol. The topological polar surface area (TPSA) is 102 Å². The van der Waals surface area contributed by atoms with Gasteiger partial charge in [-0.2, -0.15) is 0 Å². The van der Waals surface area contributed by atoms with Crippen LogP contribution in [0.2, 0.25) is 0 Å². The fraction of sp³-hybridized carbons (Fsp3) is 0.235. The van der Waals surface area contributed by atoms with Crippen molar-refractivity contribution in [1.82, 2.24) is 4.98 Å². The fourth-order valence-electron chi connectivity index (χ4n) is 2.48. The van der Waals surface area contributed by atoms with Crippen LogP contribution in [0.1, 0.15) is 32.5 Å². The van der Waals surface area contributed by atoms with Crippen molar-refractivity contribution in [3.63, 3.8) is 0 Å². The number of aryl methyl sites for hydroxylation is 1. The molecular weight excluding hydrogens is 408 g/mol. The number of carbonyl (C=O) groups is 2. The SMILES string of the molecule is CCOC(=O)c1sc2nc(NC(=O)c3ccccc3S(C)(=O)=O)sc2c1C. The molecule has 0 atom stereocenters. The Morgan fingerprint density at radius 3 is 2.56 bits per heavy atom. The Morgan fingerprint density at radius 1 is 1.22 bits per heavy atom. The van der Waals surface area contributed by atoms with Crippen LogP contribution in [0.25, 0.3) is 9.53 Å². The number of sulfone groups is 1. The second kappa shape index (κ2) is 7.37. The number of benzene rings is 1. The van der Waals surface area contributed by atoms with Gasteiger partial charge in [0.25, 0.3) is 5.91 Å². The molecule has 2 heterocycles. The van der Waals surface area contributed by atoms with Gasteiger partial charge in [0.05, 0.1) is 21.8 Å². The van der Waals surface area contributed by atoms with Crippen LogP contribution in [0.5, 0.6) is 0 Å². The molecule has 0 bridgehead atoms. The number of thiophene rings is 1. The van der Waals surface area contributed by atoms with Gasteiger partial charge in [0.1, 0.15) is 9.71 Å². The molecule has 27 heavy (non-hydrogen) atoms. The molecule has 0 spiro atoms. The molecule has 0 unspecified atom stereocenters. The van der Waals surface area contributed by atoms with Crippen molar-refractivity contribution in [1.29, 1.82) is 0 Å². The number of anilines is 1. The first-order chi connectivity index (χ1) is 12.7. The zero-order chi connectivity index (χ0) is 19.8. The van der Waals surface area contributed by atoms with Crippen molar-refractivity contribution in [3.8, 4) is 0 Å². The van der Waals surface area contributed by atoms with Gasteiger partial charge in [0.15, 0.2) is 15.0 Å². The smallest absolute Gasteiger partial charge is 0.348 e. The molecule has 142 valence electrons. The highest BCUT2D eigenvalue weighted by Crippen LogP contribution is 2.37. The maximum Gasteiger partial charge on any atom is 0.348 e. The lowest BCUT2D eigenvalue weighted by Crippen LogP contribution is -2.15. The van der Waals surface area contributed by atoms with Crippen LogP contribution in [0, 0.1) is 6.92 Å². The van der Waals surface area contributed by atoms with Crippen LogP contribution in [0.4, 0.5) is 5.13 Å². The van der Waals surface area contributed by atoms with E-state index in [1.807, 2.05) is 0 Å². The van der Waals surface area contributed by atoms with Crippen molar-refractivity contribution in [3.05, 3.63) is 40.3 Å². The second-order valence-corrected chi connectivity index (χ2v) is 9.63. The summed E-state index contributed by atoms with van der Waals surface area (Å²) in [5, 5.41) is 2.98. The number of hydrogen-bond acceptors (Lipinski definition) is 8. The average Bonchev–Trinajstić information content (AvgIpc) is 3.13. The van der Waals surface area contributed by atoms with E-state index in [1.165, 1.54) is 34.8 Å². The van der Waals surface area contributed by atoms with Crippen LogP contribution < -0.4 is 5.32 Å². The summed E-state index contributed by atoms with van der Waals surface area (Å²) in [5.41, 5.74) is 0.811. The fourth-order valence-corrected chi connectivity index (χ4v) is 5.57. The number of fused-ring (bicyclic) bond motifs is 1. The number of thiazole rings is 1. The minimum atomic E-state index is -3.54. The molecule has 1 aromatic carbocycles. The molecule has 0 aliphatic rings. The third-order valence-corrected chi connectivity index (χ3v) is 7.23. The number of ether oxygens (including phenoxy) is 1. The molecule has 3 aromatic rings. The maximum absolute atomic E-state index is 12.5. The lowest BCUT2D eigenvalue weighted by atomic mass is 10.2. The summed E-state index contributed by atoms with van der Waals surface area (Å²) in [7, 11) is -3.54. The van der Waals surface area contributed by atoms with Gasteiger partial charge in [-0.15, -0.1) is 11.3 Å². The molecule has 2 aromatic heterocycles. The van der Waals surface area contributed by atoms with Crippen molar-refractivity contribution in [2.24, 2.45) is 0 Å². The van der Waals surface area contributed by atoms with Crippen LogP contribution in [0.3, 0.4) is 0 Å². The lowest BCUT2D eigenvalue weighted by molar-refractivity contribution is 0.0531. The van der Waals surface area contributed by atoms with E-state index in [1.54, 1.807) is 26.0 Å². The van der Waals surface area contributed by atoms with E-state index < -0.39 is 21.7 Å². The number of carbonyl (C=O) groups excluding carboxylic acids is 2. The zero-order valence-corrected chi connectivity index (χ0v) is 17.2. The Kier molecular flexibility index (Phi) is 5.31. The predicted octanol–water partition coefficient (Wildman–Crippen LogP) is 3.50. The lowest BCUT2D eigenvalue weighted by Gasteiger charge is -2.06. The molecule has 7 nitrogen and oxygen atoms in total. The Morgan fingerprint density at radius 2 is 1.93 bits per heavy atom. The molecule has 0 saturated carbocycles. The molecule has 0 saturated heterocycles. The number of nitrogens with one attached hydrogen (secondary N) is 1. The van der Waals surface area contributed by atoms with Crippen LogP contribution in [-0.2, 0) is 14.6 Å². The highest BCUT2D eigenvalue weighted by atomic mass is 32.2. The molecule has 3 rings (SSSR count). The number of rotatable bonds is 5. The van der Waals surface area contributed by atoms with E-state index in [0.717, 1.165) is 16.5 Å². The quantitative estimate of drug-likeness (QED) is 0.629. The largest absolute Gasteiger partial charge is 0.462 e. The van der Waals surface area contributed by atoms with Gasteiger partial charge in [-0.05, 0) is 31.5 Å². The summed E-state index contributed by atoms with van der Waals surface area (Å²) < 4.78 is 29.6. The van der Waals surface area contributed by atoms with E-state index in [-0.39, 0.29) is 17.1 Å². The maximum atomic E-state index is 12.5. The van der Waals surface area contributed by atoms with Crippen molar-refractivity contribution in [2.45, 2.75) is 18.7 Å². The standard InChI is InChI=1S/C17H16N2O5S3/c1-4-24-16(21)13-9(2)12-15(25-13)19-17(26-12)18-14(20)10-7-5-6-8-11(10)27(3,22)23/h5-8H,4H2,1-3H3,(H,18,19,20). The van der Waals surface area contributed by atoms with E-state index in [0.29, 0.717) is 14.8 Å². The van der Waals surface area contributed by atoms with Crippen molar-refractivity contribution in [2.75, 3.05) is 18.2 Å². The van der Waals surface area contributed by atoms with Crippen molar-refractivity contribution < 1.29 is 22.7 Å². The van der Waals surface area contributed by atoms with Gasteiger partial charge in [-0.3, -0.25) is 10.1 Å². The number of amides is 1. The van der Waals surface area contributed by atoms with Gasteiger partial charge < -0.3 is 4.74 Å². The number of esters is 1. The third-order valence-electron chi connectivity index (χ3n) is 3.69. The van der Waals surface area contributed by atoms with Crippen molar-refractivity contribution >= 4 is 59.0 Å². The Balaban J connectivity index is 1.90. The summed E-state index contributed by atoms with van der Waals surface area (Å²) in [4.78, 5) is 29.9. The van der Waals surface area contributed by atoms with Crippen LogP contribution >= 0.6 is 22.7 Å². The highest BCUT2D eigenvalue weighted by Gasteiger charge is 2.22. The predicted molar refractivity (Wildman–Crippen MR) is 106 cm³/mol. The van der Waals surface area contributed by atoms with E-state index in [4.69, 9.17) is 4.74 Å². The number of aromatic nitrogens is 1. The molecule has 0 radical (unpaired) electrons. The summed E-state index contributed by atoms with van der Waals surface area (Å²) in [5.74, 6) is -0.946. The first kappa shape index (κ1) is 19.5. The van der Waals surface area contributed by atoms with E-state index >= 15 is 0 Å². The van der Waals surface area contributed by atoms with Crippen LogP contribution in [-0.4, -0.2) is 38.1 Å². The van der Waals surface area contributed by atoms with E-state index in [9.17, 15) is 18.0 Å². The first-order valence-corrected chi connectivity index (χ1v) is 11.4. The van der Waals surface area contributed by atoms with Gasteiger partial charge in [0, 0.05) is 6.26 Å². The van der Waals surface area contributed by atoms with Crippen LogP contribution in [0.15, 0.2) is 29.2 Å². The normalized spacial score (nSPS) is 11.5. The molecular formula is C17H16N2O5S3. The Hall–Kier alpha value is -2.30. The molecule has 0 aliphatic heterocycles. The minimum Gasteiger partial charge on any atom is -0.462 e. The minimum absolute atomic E-state index is 0.0401. The Bertz CT molecular complexity index is 1140. The Labute approximate surface area is 163 Å². The van der Waals surface area contributed by atoms with Gasteiger partial charge >= 0.3 is 5.97 Å². The molecule has 1 amide bonds. The molecule has 0 aliphatic carbocycles. The summed E-state index contributed by atoms with van der Waals surface area (Å²) >= 11 is 2.43. The zero-order valence-electron chi connectivity index (χ0n) is 14.7. The highest BCUT2D eigenvalue weighted by molar-refractivity contribution is 7.90. The second-order valence-electron chi connectivity index (χ2n) is 5.65. The van der Waals surface area contributed by atoms with Gasteiger partial charge in [-0.25, -0.2) is 18.2 Å². The monoisotopic (exact) mass is 424 g/mol. The van der Waals surface area contributed by atoms with Gasteiger partial charge in [-0.1, -0.05) is 23.5 Å². The number of hydrogen-bond donors (Lipinski definition) is 1. The summed E-state index contributed by atoms with van der Waals surface area (Å²) in [6.45, 7) is 3.83. The summed E-state index contributed by atoms with van der Waals surface area (Å²) in [6.07, 6.45) is 1.05. The molecule has 1 N–H and O–H groups in total. The first-order valence-electron chi connectivity index (χ1n) is 7.89.